The molecule has 86 valence electrons. The molecule has 7 heteroatoms. The van der Waals surface area contributed by atoms with Crippen LogP contribution in [0.3, 0.4) is 0 Å². The number of thiazole rings is 1. The minimum Gasteiger partial charge on any atom is -0.315 e. The number of nitrogens with two attached hydrogens (primary N) is 1. The summed E-state index contributed by atoms with van der Waals surface area (Å²) in [6.07, 6.45) is 0.823. The van der Waals surface area contributed by atoms with Gasteiger partial charge in [0.1, 0.15) is 0 Å². The standard InChI is InChI=1S/C8H15N3O2S2/c1-7-6-14-8(11-7)2-3-10-4-5-15(9,12)13/h6,10H,2-5H2,1H3,(H2,9,12,13). The topological polar surface area (TPSA) is 85.1 Å². The summed E-state index contributed by atoms with van der Waals surface area (Å²) < 4.78 is 21.2. The lowest BCUT2D eigenvalue weighted by Gasteiger charge is -2.01. The molecule has 0 aromatic carbocycles. The lowest BCUT2D eigenvalue weighted by Crippen LogP contribution is -2.28. The van der Waals surface area contributed by atoms with Crippen molar-refractivity contribution in [2.24, 2.45) is 5.14 Å². The summed E-state index contributed by atoms with van der Waals surface area (Å²) in [6, 6.07) is 0. The molecule has 0 atom stereocenters. The third-order valence-corrected chi connectivity index (χ3v) is 3.55. The highest BCUT2D eigenvalue weighted by molar-refractivity contribution is 7.89. The molecule has 1 rings (SSSR count). The van der Waals surface area contributed by atoms with Crippen molar-refractivity contribution in [2.75, 3.05) is 18.8 Å². The van der Waals surface area contributed by atoms with E-state index in [0.29, 0.717) is 6.54 Å². The molecule has 0 unspecified atom stereocenters. The molecule has 0 amide bonds. The summed E-state index contributed by atoms with van der Waals surface area (Å²) in [7, 11) is -3.34. The Bertz CT molecular complexity index is 400. The van der Waals surface area contributed by atoms with E-state index in [1.807, 2.05) is 12.3 Å². The summed E-state index contributed by atoms with van der Waals surface area (Å²) in [4.78, 5) is 4.29. The van der Waals surface area contributed by atoms with Crippen LogP contribution in [-0.4, -0.2) is 32.2 Å². The van der Waals surface area contributed by atoms with E-state index < -0.39 is 10.0 Å². The molecule has 15 heavy (non-hydrogen) atoms. The van der Waals surface area contributed by atoms with Gasteiger partial charge in [0.15, 0.2) is 0 Å². The summed E-state index contributed by atoms with van der Waals surface area (Å²) in [5, 5.41) is 10.9. The third-order valence-electron chi connectivity index (χ3n) is 1.75. The van der Waals surface area contributed by atoms with Crippen molar-refractivity contribution in [2.45, 2.75) is 13.3 Å². The van der Waals surface area contributed by atoms with E-state index in [1.165, 1.54) is 0 Å². The lowest BCUT2D eigenvalue weighted by molar-refractivity contribution is 0.592. The van der Waals surface area contributed by atoms with Gasteiger partial charge in [-0.1, -0.05) is 0 Å². The molecule has 1 heterocycles. The first-order valence-electron chi connectivity index (χ1n) is 4.59. The molecule has 0 spiro atoms. The first kappa shape index (κ1) is 12.6. The maximum atomic E-state index is 10.6. The van der Waals surface area contributed by atoms with Crippen LogP contribution in [0.25, 0.3) is 0 Å². The summed E-state index contributed by atoms with van der Waals surface area (Å²) >= 11 is 1.62. The molecule has 0 fully saturated rings. The first-order chi connectivity index (χ1) is 6.97. The number of hydrogen-bond acceptors (Lipinski definition) is 5. The number of primary sulfonamides is 1. The quantitative estimate of drug-likeness (QED) is 0.688. The zero-order valence-corrected chi connectivity index (χ0v) is 10.2. The zero-order chi connectivity index (χ0) is 11.3. The van der Waals surface area contributed by atoms with Crippen molar-refractivity contribution in [3.05, 3.63) is 16.1 Å². The summed E-state index contributed by atoms with van der Waals surface area (Å²) in [5.74, 6) is -0.0239. The maximum absolute atomic E-state index is 10.6. The summed E-state index contributed by atoms with van der Waals surface area (Å²) in [5.41, 5.74) is 1.03. The van der Waals surface area contributed by atoms with Gasteiger partial charge in [0.2, 0.25) is 10.0 Å². The molecule has 3 N–H and O–H groups in total. The van der Waals surface area contributed by atoms with E-state index in [1.54, 1.807) is 11.3 Å². The molecule has 0 bridgehead atoms. The van der Waals surface area contributed by atoms with E-state index in [-0.39, 0.29) is 5.75 Å². The van der Waals surface area contributed by atoms with Gasteiger partial charge in [-0.2, -0.15) is 0 Å². The highest BCUT2D eigenvalue weighted by Crippen LogP contribution is 2.08. The zero-order valence-electron chi connectivity index (χ0n) is 8.56. The monoisotopic (exact) mass is 249 g/mol. The first-order valence-corrected chi connectivity index (χ1v) is 7.19. The SMILES string of the molecule is Cc1csc(CCNCCS(N)(=O)=O)n1. The Morgan fingerprint density at radius 1 is 1.53 bits per heavy atom. The van der Waals surface area contributed by atoms with Crippen LogP contribution in [0, 0.1) is 6.92 Å². The van der Waals surface area contributed by atoms with Crippen LogP contribution in [0.1, 0.15) is 10.7 Å². The van der Waals surface area contributed by atoms with Gasteiger partial charge in [0.25, 0.3) is 0 Å². The molecule has 0 saturated carbocycles. The Morgan fingerprint density at radius 2 is 2.27 bits per heavy atom. The van der Waals surface area contributed by atoms with Crippen molar-refractivity contribution in [1.82, 2.24) is 10.3 Å². The molecular weight excluding hydrogens is 234 g/mol. The lowest BCUT2D eigenvalue weighted by atomic mass is 10.4. The minimum absolute atomic E-state index is 0.0239. The fourth-order valence-electron chi connectivity index (χ4n) is 1.05. The number of aromatic nitrogens is 1. The van der Waals surface area contributed by atoms with Crippen molar-refractivity contribution < 1.29 is 8.42 Å². The number of nitrogens with one attached hydrogen (secondary N) is 1. The smallest absolute Gasteiger partial charge is 0.210 e. The number of sulfonamides is 1. The predicted molar refractivity (Wildman–Crippen MR) is 61.4 cm³/mol. The van der Waals surface area contributed by atoms with Crippen molar-refractivity contribution in [1.29, 1.82) is 0 Å². The van der Waals surface area contributed by atoms with E-state index in [2.05, 4.69) is 10.3 Å². The molecule has 0 aliphatic carbocycles. The Balaban J connectivity index is 2.12. The van der Waals surface area contributed by atoms with Crippen LogP contribution in [0.4, 0.5) is 0 Å². The molecule has 5 nitrogen and oxygen atoms in total. The molecular formula is C8H15N3O2S2. The van der Waals surface area contributed by atoms with Gasteiger partial charge in [-0.3, -0.25) is 0 Å². The molecule has 0 radical (unpaired) electrons. The van der Waals surface area contributed by atoms with Crippen LogP contribution in [0.5, 0.6) is 0 Å². The third kappa shape index (κ3) is 5.83. The van der Waals surface area contributed by atoms with Crippen molar-refractivity contribution in [3.8, 4) is 0 Å². The second-order valence-corrected chi connectivity index (χ2v) is 5.93. The Labute approximate surface area is 93.8 Å². The minimum atomic E-state index is -3.34. The largest absolute Gasteiger partial charge is 0.315 e. The number of hydrogen-bond donors (Lipinski definition) is 2. The molecule has 0 aliphatic rings. The second-order valence-electron chi connectivity index (χ2n) is 3.25. The number of aryl methyl sites for hydroxylation is 1. The highest BCUT2D eigenvalue weighted by Gasteiger charge is 2.02. The van der Waals surface area contributed by atoms with E-state index in [4.69, 9.17) is 5.14 Å². The molecule has 0 saturated heterocycles. The van der Waals surface area contributed by atoms with Gasteiger partial charge >= 0.3 is 0 Å². The van der Waals surface area contributed by atoms with Gasteiger partial charge in [-0.05, 0) is 6.92 Å². The molecule has 1 aromatic heterocycles. The fourth-order valence-corrected chi connectivity index (χ4v) is 2.26. The van der Waals surface area contributed by atoms with E-state index in [0.717, 1.165) is 23.7 Å². The fraction of sp³-hybridized carbons (Fsp3) is 0.625. The highest BCUT2D eigenvalue weighted by atomic mass is 32.2. The predicted octanol–water partition coefficient (Wildman–Crippen LogP) is -0.128. The van der Waals surface area contributed by atoms with Crippen LogP contribution < -0.4 is 10.5 Å². The van der Waals surface area contributed by atoms with Crippen LogP contribution >= 0.6 is 11.3 Å². The maximum Gasteiger partial charge on any atom is 0.210 e. The average molecular weight is 249 g/mol. The van der Waals surface area contributed by atoms with E-state index in [9.17, 15) is 8.42 Å². The van der Waals surface area contributed by atoms with Crippen LogP contribution in [0.15, 0.2) is 5.38 Å². The summed E-state index contributed by atoms with van der Waals surface area (Å²) in [6.45, 7) is 3.07. The number of rotatable bonds is 6. The molecule has 1 aromatic rings. The van der Waals surface area contributed by atoms with Gasteiger partial charge in [0, 0.05) is 30.6 Å². The Hall–Kier alpha value is -0.500. The second kappa shape index (κ2) is 5.55. The molecule has 0 aliphatic heterocycles. The van der Waals surface area contributed by atoms with Gasteiger partial charge in [-0.15, -0.1) is 11.3 Å². The Morgan fingerprint density at radius 3 is 2.80 bits per heavy atom. The Kier molecular flexibility index (Phi) is 4.65. The van der Waals surface area contributed by atoms with Gasteiger partial charge in [-0.25, -0.2) is 18.5 Å². The van der Waals surface area contributed by atoms with Crippen molar-refractivity contribution in [3.63, 3.8) is 0 Å². The van der Waals surface area contributed by atoms with Gasteiger partial charge < -0.3 is 5.32 Å². The number of nitrogens with zero attached hydrogens (tertiary/aromatic N) is 1. The van der Waals surface area contributed by atoms with Crippen LogP contribution in [-0.2, 0) is 16.4 Å². The average Bonchev–Trinajstić information content (AvgIpc) is 2.49. The van der Waals surface area contributed by atoms with Gasteiger partial charge in [0.05, 0.1) is 10.8 Å². The van der Waals surface area contributed by atoms with Crippen LogP contribution in [0.2, 0.25) is 0 Å². The van der Waals surface area contributed by atoms with Crippen molar-refractivity contribution >= 4 is 21.4 Å². The van der Waals surface area contributed by atoms with E-state index >= 15 is 0 Å². The normalized spacial score (nSPS) is 11.9.